The number of nitrogens with zero attached hydrogens (tertiary/aromatic N) is 4. The van der Waals surface area contributed by atoms with Crippen LogP contribution in [0.1, 0.15) is 40.5 Å². The SMILES string of the molecule is Cc1cc(C(F)(F)F)nc2c1cc(Cc1ncccc1C1C(Cl)N(C=O)CCC1(O)Cl)n2C. The smallest absolute Gasteiger partial charge is 0.374 e. The van der Waals surface area contributed by atoms with Gasteiger partial charge in [0.05, 0.1) is 5.92 Å². The van der Waals surface area contributed by atoms with Gasteiger partial charge in [0.2, 0.25) is 6.41 Å². The molecule has 0 aliphatic carbocycles. The molecule has 1 fully saturated rings. The van der Waals surface area contributed by atoms with Crippen LogP contribution in [0.2, 0.25) is 0 Å². The molecule has 3 atom stereocenters. The molecule has 1 saturated heterocycles. The third kappa shape index (κ3) is 4.29. The first-order valence-corrected chi connectivity index (χ1v) is 11.0. The van der Waals surface area contributed by atoms with Crippen LogP contribution in [0.4, 0.5) is 13.2 Å². The van der Waals surface area contributed by atoms with Crippen LogP contribution in [-0.2, 0) is 24.4 Å². The Labute approximate surface area is 197 Å². The van der Waals surface area contributed by atoms with Crippen LogP contribution in [0.5, 0.6) is 0 Å². The Kier molecular flexibility index (Phi) is 6.09. The van der Waals surface area contributed by atoms with Gasteiger partial charge in [0.15, 0.2) is 0 Å². The van der Waals surface area contributed by atoms with Crippen LogP contribution in [0.15, 0.2) is 30.5 Å². The fraction of sp³-hybridized carbons (Fsp3) is 0.409. The van der Waals surface area contributed by atoms with E-state index in [9.17, 15) is 23.1 Å². The number of likely N-dealkylation sites (tertiary alicyclic amines) is 1. The van der Waals surface area contributed by atoms with Gasteiger partial charge < -0.3 is 14.6 Å². The quantitative estimate of drug-likeness (QED) is 0.329. The summed E-state index contributed by atoms with van der Waals surface area (Å²) in [5, 5.41) is 9.77. The van der Waals surface area contributed by atoms with Gasteiger partial charge in [-0.15, -0.1) is 0 Å². The first kappa shape index (κ1) is 23.8. The van der Waals surface area contributed by atoms with Gasteiger partial charge in [-0.05, 0) is 36.2 Å². The maximum absolute atomic E-state index is 13.3. The van der Waals surface area contributed by atoms with Crippen molar-refractivity contribution in [2.24, 2.45) is 7.05 Å². The molecule has 1 N–H and O–H groups in total. The van der Waals surface area contributed by atoms with Gasteiger partial charge in [-0.25, -0.2) is 4.98 Å². The lowest BCUT2D eigenvalue weighted by molar-refractivity contribution is -0.141. The van der Waals surface area contributed by atoms with Gasteiger partial charge in [0.1, 0.15) is 21.9 Å². The Morgan fingerprint density at radius 1 is 1.36 bits per heavy atom. The van der Waals surface area contributed by atoms with Crippen LogP contribution >= 0.6 is 23.2 Å². The summed E-state index contributed by atoms with van der Waals surface area (Å²) in [4.78, 5) is 21.1. The fourth-order valence-corrected chi connectivity index (χ4v) is 5.20. The van der Waals surface area contributed by atoms with Crippen molar-refractivity contribution in [2.45, 2.75) is 42.4 Å². The highest BCUT2D eigenvalue weighted by Gasteiger charge is 2.47. The van der Waals surface area contributed by atoms with E-state index in [1.165, 1.54) is 4.90 Å². The predicted octanol–water partition coefficient (Wildman–Crippen LogP) is 4.32. The third-order valence-electron chi connectivity index (χ3n) is 6.13. The standard InChI is InChI=1S/C22H21Cl2F3N4O2/c1-12-8-17(22(25,26)27)29-20-15(12)9-13(30(20)2)10-16-14(4-3-6-28-16)18-19(23)31(11-32)7-5-21(18,24)33/h3-4,6,8-9,11,18-19,33H,5,7,10H2,1-2H3. The first-order valence-electron chi connectivity index (χ1n) is 10.2. The number of halogens is 5. The van der Waals surface area contributed by atoms with Crippen molar-refractivity contribution in [2.75, 3.05) is 6.54 Å². The second-order valence-corrected chi connectivity index (χ2v) is 9.33. The van der Waals surface area contributed by atoms with Gasteiger partial charge in [0.25, 0.3) is 0 Å². The number of pyridine rings is 2. The Hall–Kier alpha value is -2.36. The van der Waals surface area contributed by atoms with Crippen molar-refractivity contribution in [1.29, 1.82) is 0 Å². The lowest BCUT2D eigenvalue weighted by Gasteiger charge is -2.43. The number of piperidine rings is 1. The van der Waals surface area contributed by atoms with E-state index in [2.05, 4.69) is 9.97 Å². The minimum absolute atomic E-state index is 0.118. The maximum atomic E-state index is 13.3. The van der Waals surface area contributed by atoms with Gasteiger partial charge in [0, 0.05) is 49.4 Å². The fourth-order valence-electron chi connectivity index (χ4n) is 4.33. The maximum Gasteiger partial charge on any atom is 0.433 e. The summed E-state index contributed by atoms with van der Waals surface area (Å²) in [5.41, 5.74) is 0.600. The van der Waals surface area contributed by atoms with E-state index in [0.29, 0.717) is 34.3 Å². The van der Waals surface area contributed by atoms with Crippen molar-refractivity contribution in [3.63, 3.8) is 0 Å². The van der Waals surface area contributed by atoms with Crippen LogP contribution in [-0.4, -0.2) is 48.1 Å². The first-order chi connectivity index (χ1) is 15.4. The number of carbonyl (C=O) groups is 1. The highest BCUT2D eigenvalue weighted by molar-refractivity contribution is 6.26. The zero-order valence-electron chi connectivity index (χ0n) is 17.8. The van der Waals surface area contributed by atoms with E-state index in [0.717, 1.165) is 6.07 Å². The minimum atomic E-state index is -4.55. The molecule has 6 nitrogen and oxygen atoms in total. The Morgan fingerprint density at radius 3 is 2.76 bits per heavy atom. The number of alkyl halides is 5. The summed E-state index contributed by atoms with van der Waals surface area (Å²) in [5.74, 6) is -0.824. The zero-order chi connectivity index (χ0) is 24.1. The number of hydrogen-bond acceptors (Lipinski definition) is 4. The number of aryl methyl sites for hydroxylation is 2. The van der Waals surface area contributed by atoms with Crippen molar-refractivity contribution < 1.29 is 23.1 Å². The van der Waals surface area contributed by atoms with Crippen LogP contribution < -0.4 is 0 Å². The summed E-state index contributed by atoms with van der Waals surface area (Å²) in [6.07, 6.45) is -2.01. The summed E-state index contributed by atoms with van der Waals surface area (Å²) in [6.45, 7) is 1.82. The third-order valence-corrected chi connectivity index (χ3v) is 7.06. The van der Waals surface area contributed by atoms with Crippen LogP contribution in [0.25, 0.3) is 11.0 Å². The van der Waals surface area contributed by atoms with Crippen molar-refractivity contribution in [3.05, 3.63) is 58.7 Å². The second-order valence-electron chi connectivity index (χ2n) is 8.23. The van der Waals surface area contributed by atoms with Crippen LogP contribution in [0, 0.1) is 6.92 Å². The van der Waals surface area contributed by atoms with Gasteiger partial charge in [-0.1, -0.05) is 29.3 Å². The number of rotatable bonds is 4. The minimum Gasteiger partial charge on any atom is -0.374 e. The molecule has 4 rings (SSSR count). The van der Waals surface area contributed by atoms with E-state index >= 15 is 0 Å². The lowest BCUT2D eigenvalue weighted by atomic mass is 9.85. The molecule has 0 aromatic carbocycles. The molecule has 3 unspecified atom stereocenters. The molecule has 33 heavy (non-hydrogen) atoms. The molecular formula is C22H21Cl2F3N4O2. The van der Waals surface area contributed by atoms with E-state index in [4.69, 9.17) is 23.2 Å². The average Bonchev–Trinajstić information content (AvgIpc) is 3.05. The van der Waals surface area contributed by atoms with Crippen molar-refractivity contribution in [3.8, 4) is 0 Å². The Balaban J connectivity index is 1.78. The molecule has 0 bridgehead atoms. The van der Waals surface area contributed by atoms with Crippen molar-refractivity contribution >= 4 is 40.6 Å². The molecule has 0 spiro atoms. The lowest BCUT2D eigenvalue weighted by Crippen LogP contribution is -2.51. The molecule has 1 aliphatic heterocycles. The molecule has 3 aromatic rings. The number of hydrogen-bond donors (Lipinski definition) is 1. The Morgan fingerprint density at radius 2 is 2.09 bits per heavy atom. The molecule has 0 radical (unpaired) electrons. The molecule has 0 saturated carbocycles. The van der Waals surface area contributed by atoms with Gasteiger partial charge >= 0.3 is 6.18 Å². The average molecular weight is 501 g/mol. The summed E-state index contributed by atoms with van der Waals surface area (Å²) in [6, 6.07) is 6.22. The monoisotopic (exact) mass is 500 g/mol. The summed E-state index contributed by atoms with van der Waals surface area (Å²) in [7, 11) is 1.64. The number of aliphatic hydroxyl groups is 1. The summed E-state index contributed by atoms with van der Waals surface area (Å²) < 4.78 is 41.3. The molecule has 1 aliphatic rings. The van der Waals surface area contributed by atoms with Gasteiger partial charge in [-0.2, -0.15) is 13.2 Å². The molecular weight excluding hydrogens is 480 g/mol. The predicted molar refractivity (Wildman–Crippen MR) is 118 cm³/mol. The largest absolute Gasteiger partial charge is 0.433 e. The highest BCUT2D eigenvalue weighted by atomic mass is 35.5. The van der Waals surface area contributed by atoms with Gasteiger partial charge in [-0.3, -0.25) is 9.78 Å². The molecule has 11 heteroatoms. The zero-order valence-corrected chi connectivity index (χ0v) is 19.3. The number of fused-ring (bicyclic) bond motifs is 1. The highest BCUT2D eigenvalue weighted by Crippen LogP contribution is 2.45. The normalized spacial score (nSPS) is 23.8. The number of carbonyl (C=O) groups excluding carboxylic acids is 1. The second kappa shape index (κ2) is 8.45. The molecule has 3 aromatic heterocycles. The van der Waals surface area contributed by atoms with E-state index in [1.54, 1.807) is 42.9 Å². The summed E-state index contributed by atoms with van der Waals surface area (Å²) >= 11 is 12.9. The van der Waals surface area contributed by atoms with E-state index in [1.807, 2.05) is 0 Å². The number of amides is 1. The number of aromatic nitrogens is 3. The Bertz CT molecular complexity index is 1210. The molecule has 176 valence electrons. The van der Waals surface area contributed by atoms with Crippen molar-refractivity contribution in [1.82, 2.24) is 19.4 Å². The topological polar surface area (TPSA) is 71.2 Å². The molecule has 4 heterocycles. The van der Waals surface area contributed by atoms with Crippen LogP contribution in [0.3, 0.4) is 0 Å². The molecule has 1 amide bonds. The van der Waals surface area contributed by atoms with E-state index in [-0.39, 0.29) is 25.0 Å². The van der Waals surface area contributed by atoms with E-state index < -0.39 is 28.3 Å².